The summed E-state index contributed by atoms with van der Waals surface area (Å²) in [6.45, 7) is 13.2. The van der Waals surface area contributed by atoms with Gasteiger partial charge in [0.2, 0.25) is 0 Å². The van der Waals surface area contributed by atoms with Crippen LogP contribution >= 0.6 is 11.1 Å². The Labute approximate surface area is 112 Å². The predicted octanol–water partition coefficient (Wildman–Crippen LogP) is 3.72. The number of benzene rings is 1. The van der Waals surface area contributed by atoms with Crippen LogP contribution in [0.4, 0.5) is 0 Å². The van der Waals surface area contributed by atoms with Gasteiger partial charge in [-0.15, -0.1) is 11.1 Å². The molecule has 0 fully saturated rings. The first-order valence-corrected chi connectivity index (χ1v) is 9.33. The fraction of sp³-hybridized carbons (Fsp3) is 0.571. The highest BCUT2D eigenvalue weighted by atomic mass is 35.6. The van der Waals surface area contributed by atoms with Gasteiger partial charge in [0, 0.05) is 0 Å². The van der Waals surface area contributed by atoms with Crippen LogP contribution in [0.2, 0.25) is 5.04 Å². The molecule has 0 spiro atoms. The van der Waals surface area contributed by atoms with Gasteiger partial charge in [-0.2, -0.15) is 0 Å². The average molecular weight is 270 g/mol. The summed E-state index contributed by atoms with van der Waals surface area (Å²) in [6, 6.07) is 10.6. The van der Waals surface area contributed by atoms with Crippen LogP contribution in [-0.4, -0.2) is 25.2 Å². The molecule has 0 radical (unpaired) electrons. The molecule has 0 heterocycles. The van der Waals surface area contributed by atoms with Gasteiger partial charge >= 0.3 is 0 Å². The SMILES string of the molecule is CCN(CC)[Si](Cl)(c1ccccc1)C(C)(C)C. The fourth-order valence-electron chi connectivity index (χ4n) is 2.41. The molecule has 1 aromatic carbocycles. The monoisotopic (exact) mass is 269 g/mol. The standard InChI is InChI=1S/C14H24ClNSi/c1-6-16(7-2)17(15,14(3,4)5)13-11-9-8-10-12-13/h8-12H,6-7H2,1-5H3. The molecular formula is C14H24ClNSi. The molecule has 1 aromatic rings. The van der Waals surface area contributed by atoms with Gasteiger partial charge in [0.05, 0.1) is 0 Å². The quantitative estimate of drug-likeness (QED) is 0.595. The van der Waals surface area contributed by atoms with Crippen LogP contribution in [0.15, 0.2) is 30.3 Å². The Morgan fingerprint density at radius 3 is 1.88 bits per heavy atom. The Morgan fingerprint density at radius 1 is 1.06 bits per heavy atom. The van der Waals surface area contributed by atoms with Crippen molar-refractivity contribution in [3.8, 4) is 0 Å². The van der Waals surface area contributed by atoms with Gasteiger partial charge in [-0.25, -0.2) is 0 Å². The van der Waals surface area contributed by atoms with E-state index < -0.39 is 7.55 Å². The zero-order chi connectivity index (χ0) is 13.1. The summed E-state index contributed by atoms with van der Waals surface area (Å²) < 4.78 is 2.46. The maximum absolute atomic E-state index is 7.17. The second kappa shape index (κ2) is 5.55. The van der Waals surface area contributed by atoms with E-state index in [4.69, 9.17) is 11.1 Å². The molecule has 0 aliphatic heterocycles. The zero-order valence-electron chi connectivity index (χ0n) is 11.6. The molecule has 17 heavy (non-hydrogen) atoms. The van der Waals surface area contributed by atoms with Crippen molar-refractivity contribution in [3.05, 3.63) is 30.3 Å². The van der Waals surface area contributed by atoms with E-state index >= 15 is 0 Å². The van der Waals surface area contributed by atoms with E-state index in [1.165, 1.54) is 5.19 Å². The lowest BCUT2D eigenvalue weighted by molar-refractivity contribution is 0.452. The summed E-state index contributed by atoms with van der Waals surface area (Å²) in [5.74, 6) is 0. The number of halogens is 1. The Morgan fingerprint density at radius 2 is 1.53 bits per heavy atom. The van der Waals surface area contributed by atoms with Crippen molar-refractivity contribution in [2.24, 2.45) is 0 Å². The van der Waals surface area contributed by atoms with E-state index in [1.807, 2.05) is 0 Å². The van der Waals surface area contributed by atoms with Gasteiger partial charge < -0.3 is 4.57 Å². The van der Waals surface area contributed by atoms with Crippen LogP contribution in [0.1, 0.15) is 34.6 Å². The van der Waals surface area contributed by atoms with E-state index in [2.05, 4.69) is 69.5 Å². The Balaban J connectivity index is 3.30. The Kier molecular flexibility index (Phi) is 4.82. The summed E-state index contributed by atoms with van der Waals surface area (Å²) in [5.41, 5.74) is 0. The number of nitrogens with zero attached hydrogens (tertiary/aromatic N) is 1. The lowest BCUT2D eigenvalue weighted by atomic mass is 10.2. The van der Waals surface area contributed by atoms with Crippen molar-refractivity contribution in [1.82, 2.24) is 4.57 Å². The van der Waals surface area contributed by atoms with Crippen molar-refractivity contribution in [2.75, 3.05) is 13.1 Å². The summed E-state index contributed by atoms with van der Waals surface area (Å²) in [7, 11) is -2.15. The van der Waals surface area contributed by atoms with Crippen molar-refractivity contribution < 1.29 is 0 Å². The number of rotatable bonds is 4. The second-order valence-corrected chi connectivity index (χ2v) is 11.0. The van der Waals surface area contributed by atoms with Crippen molar-refractivity contribution in [3.63, 3.8) is 0 Å². The van der Waals surface area contributed by atoms with Gasteiger partial charge in [-0.05, 0) is 23.3 Å². The van der Waals surface area contributed by atoms with Gasteiger partial charge in [-0.3, -0.25) is 0 Å². The largest absolute Gasteiger partial charge is 0.308 e. The molecule has 1 rings (SSSR count). The minimum atomic E-state index is -2.15. The van der Waals surface area contributed by atoms with Crippen LogP contribution in [-0.2, 0) is 0 Å². The predicted molar refractivity (Wildman–Crippen MR) is 80.3 cm³/mol. The second-order valence-electron chi connectivity index (χ2n) is 5.41. The van der Waals surface area contributed by atoms with E-state index in [1.54, 1.807) is 0 Å². The molecule has 3 heteroatoms. The first-order chi connectivity index (χ1) is 7.87. The molecule has 0 N–H and O–H groups in total. The van der Waals surface area contributed by atoms with E-state index in [9.17, 15) is 0 Å². The lowest BCUT2D eigenvalue weighted by Crippen LogP contribution is -2.63. The third-order valence-corrected chi connectivity index (χ3v) is 11.0. The normalized spacial score (nSPS) is 15.9. The van der Waals surface area contributed by atoms with Crippen LogP contribution in [0, 0.1) is 0 Å². The average Bonchev–Trinajstić information content (AvgIpc) is 2.30. The van der Waals surface area contributed by atoms with Gasteiger partial charge in [0.1, 0.15) is 0 Å². The molecule has 1 nitrogen and oxygen atoms in total. The topological polar surface area (TPSA) is 3.24 Å². The summed E-state index contributed by atoms with van der Waals surface area (Å²) in [4.78, 5) is 0. The maximum atomic E-state index is 7.17. The molecule has 1 unspecified atom stereocenters. The molecule has 0 aliphatic rings. The van der Waals surface area contributed by atoms with Gasteiger partial charge in [0.15, 0.2) is 0 Å². The third-order valence-electron chi connectivity index (χ3n) is 3.35. The summed E-state index contributed by atoms with van der Waals surface area (Å²) in [6.07, 6.45) is 0. The van der Waals surface area contributed by atoms with Crippen molar-refractivity contribution in [2.45, 2.75) is 39.7 Å². The summed E-state index contributed by atoms with van der Waals surface area (Å²) in [5, 5.41) is 1.43. The summed E-state index contributed by atoms with van der Waals surface area (Å²) >= 11 is 7.17. The highest BCUT2D eigenvalue weighted by Crippen LogP contribution is 2.40. The maximum Gasteiger partial charge on any atom is 0.265 e. The first-order valence-electron chi connectivity index (χ1n) is 6.37. The molecule has 0 aromatic heterocycles. The molecule has 0 saturated heterocycles. The first kappa shape index (κ1) is 14.7. The van der Waals surface area contributed by atoms with Gasteiger partial charge in [0.25, 0.3) is 7.55 Å². The van der Waals surface area contributed by atoms with Crippen LogP contribution in [0.5, 0.6) is 0 Å². The molecule has 1 atom stereocenters. The van der Waals surface area contributed by atoms with E-state index in [0.29, 0.717) is 0 Å². The molecule has 0 aliphatic carbocycles. The third kappa shape index (κ3) is 2.75. The smallest absolute Gasteiger partial charge is 0.265 e. The molecular weight excluding hydrogens is 246 g/mol. The lowest BCUT2D eigenvalue weighted by Gasteiger charge is -2.45. The van der Waals surface area contributed by atoms with Gasteiger partial charge in [-0.1, -0.05) is 65.0 Å². The minimum Gasteiger partial charge on any atom is -0.308 e. The van der Waals surface area contributed by atoms with E-state index in [0.717, 1.165) is 13.1 Å². The highest BCUT2D eigenvalue weighted by molar-refractivity contribution is 7.27. The Hall–Kier alpha value is -0.313. The molecule has 0 bridgehead atoms. The zero-order valence-corrected chi connectivity index (χ0v) is 13.4. The Bertz CT molecular complexity index is 343. The van der Waals surface area contributed by atoms with Crippen molar-refractivity contribution in [1.29, 1.82) is 0 Å². The number of hydrogen-bond donors (Lipinski definition) is 0. The fourth-order valence-corrected chi connectivity index (χ4v) is 7.19. The molecule has 96 valence electrons. The molecule has 0 saturated carbocycles. The van der Waals surface area contributed by atoms with Crippen molar-refractivity contribution >= 4 is 23.8 Å². The van der Waals surface area contributed by atoms with Crippen LogP contribution in [0.3, 0.4) is 0 Å². The minimum absolute atomic E-state index is 0.113. The van der Waals surface area contributed by atoms with Crippen LogP contribution < -0.4 is 5.19 Å². The molecule has 0 amide bonds. The highest BCUT2D eigenvalue weighted by Gasteiger charge is 2.49. The van der Waals surface area contributed by atoms with Crippen LogP contribution in [0.25, 0.3) is 0 Å². The number of hydrogen-bond acceptors (Lipinski definition) is 1. The van der Waals surface area contributed by atoms with E-state index in [-0.39, 0.29) is 5.04 Å².